The van der Waals surface area contributed by atoms with E-state index in [-0.39, 0.29) is 0 Å². The number of nitrogens with zero attached hydrogens (tertiary/aromatic N) is 1. The van der Waals surface area contributed by atoms with Gasteiger partial charge in [-0.25, -0.2) is 0 Å². The molecule has 72 valence electrons. The molecular weight excluding hydrogens is 230 g/mol. The van der Waals surface area contributed by atoms with Crippen LogP contribution in [0.1, 0.15) is 12.1 Å². The van der Waals surface area contributed by atoms with Crippen LogP contribution >= 0.6 is 15.9 Å². The average Bonchev–Trinajstić information content (AvgIpc) is 2.15. The molecule has 1 rings (SSSR count). The molecule has 1 aromatic heterocycles. The minimum Gasteiger partial charge on any atom is -0.330 e. The Morgan fingerprint density at radius 2 is 2.38 bits per heavy atom. The third kappa shape index (κ3) is 3.85. The Labute approximate surface area is 86.9 Å². The topological polar surface area (TPSA) is 50.9 Å². The Morgan fingerprint density at radius 3 is 3.08 bits per heavy atom. The molecule has 0 amide bonds. The lowest BCUT2D eigenvalue weighted by atomic mass is 10.3. The summed E-state index contributed by atoms with van der Waals surface area (Å²) in [6.45, 7) is 2.47. The molecule has 3 nitrogen and oxygen atoms in total. The molecule has 4 heteroatoms. The number of aromatic nitrogens is 1. The van der Waals surface area contributed by atoms with E-state index in [1.165, 1.54) is 0 Å². The smallest absolute Gasteiger partial charge is 0.0683 e. The summed E-state index contributed by atoms with van der Waals surface area (Å²) < 4.78 is 1.05. The van der Waals surface area contributed by atoms with Crippen LogP contribution in [-0.2, 0) is 6.54 Å². The van der Waals surface area contributed by atoms with Gasteiger partial charge in [0.15, 0.2) is 0 Å². The van der Waals surface area contributed by atoms with Crippen LogP contribution in [0.4, 0.5) is 0 Å². The van der Waals surface area contributed by atoms with Gasteiger partial charge >= 0.3 is 0 Å². The molecule has 0 saturated carbocycles. The molecule has 1 aromatic rings. The van der Waals surface area contributed by atoms with E-state index < -0.39 is 0 Å². The van der Waals surface area contributed by atoms with Crippen molar-refractivity contribution in [2.24, 2.45) is 5.73 Å². The van der Waals surface area contributed by atoms with Crippen molar-refractivity contribution in [3.8, 4) is 0 Å². The normalized spacial score (nSPS) is 10.3. The highest BCUT2D eigenvalue weighted by atomic mass is 79.9. The maximum Gasteiger partial charge on any atom is 0.0683 e. The molecule has 0 aliphatic carbocycles. The van der Waals surface area contributed by atoms with Gasteiger partial charge in [0, 0.05) is 17.2 Å². The Bertz CT molecular complexity index is 252. The van der Waals surface area contributed by atoms with E-state index in [0.717, 1.165) is 36.2 Å². The fraction of sp³-hybridized carbons (Fsp3) is 0.444. The second-order valence-corrected chi connectivity index (χ2v) is 3.61. The van der Waals surface area contributed by atoms with Gasteiger partial charge in [-0.2, -0.15) is 0 Å². The molecule has 13 heavy (non-hydrogen) atoms. The van der Waals surface area contributed by atoms with Crippen molar-refractivity contribution < 1.29 is 0 Å². The van der Waals surface area contributed by atoms with E-state index in [4.69, 9.17) is 5.73 Å². The zero-order valence-electron chi connectivity index (χ0n) is 7.46. The van der Waals surface area contributed by atoms with Gasteiger partial charge in [-0.1, -0.05) is 0 Å². The average molecular weight is 244 g/mol. The number of nitrogens with one attached hydrogen (secondary N) is 1. The second kappa shape index (κ2) is 6.07. The summed E-state index contributed by atoms with van der Waals surface area (Å²) in [6.07, 6.45) is 2.80. The number of hydrogen-bond donors (Lipinski definition) is 2. The summed E-state index contributed by atoms with van der Waals surface area (Å²) in [5.74, 6) is 0. The van der Waals surface area contributed by atoms with E-state index in [2.05, 4.69) is 26.2 Å². The van der Waals surface area contributed by atoms with Crippen LogP contribution < -0.4 is 11.1 Å². The fourth-order valence-electron chi connectivity index (χ4n) is 0.982. The lowest BCUT2D eigenvalue weighted by Crippen LogP contribution is -2.18. The molecule has 0 spiro atoms. The summed E-state index contributed by atoms with van der Waals surface area (Å²) in [6, 6.07) is 3.90. The van der Waals surface area contributed by atoms with Crippen LogP contribution in [0.5, 0.6) is 0 Å². The van der Waals surface area contributed by atoms with Crippen LogP contribution in [0.2, 0.25) is 0 Å². The summed E-state index contributed by atoms with van der Waals surface area (Å²) >= 11 is 3.44. The number of pyridine rings is 1. The summed E-state index contributed by atoms with van der Waals surface area (Å²) in [7, 11) is 0. The molecular formula is C9H14BrN3. The molecule has 0 bridgehead atoms. The van der Waals surface area contributed by atoms with E-state index >= 15 is 0 Å². The Balaban J connectivity index is 2.32. The van der Waals surface area contributed by atoms with Gasteiger partial charge in [-0.3, -0.25) is 4.98 Å². The molecule has 1 heterocycles. The summed E-state index contributed by atoms with van der Waals surface area (Å²) in [5, 5.41) is 3.27. The number of halogens is 1. The zero-order valence-corrected chi connectivity index (χ0v) is 9.05. The first-order valence-electron chi connectivity index (χ1n) is 4.35. The highest BCUT2D eigenvalue weighted by molar-refractivity contribution is 9.10. The third-order valence-electron chi connectivity index (χ3n) is 1.68. The molecule has 3 N–H and O–H groups in total. The predicted molar refractivity (Wildman–Crippen MR) is 57.3 cm³/mol. The van der Waals surface area contributed by atoms with Crippen LogP contribution in [0.15, 0.2) is 22.8 Å². The van der Waals surface area contributed by atoms with Gasteiger partial charge < -0.3 is 11.1 Å². The molecule has 0 atom stereocenters. The first-order valence-corrected chi connectivity index (χ1v) is 5.14. The highest BCUT2D eigenvalue weighted by Crippen LogP contribution is 2.12. The van der Waals surface area contributed by atoms with Crippen molar-refractivity contribution in [3.63, 3.8) is 0 Å². The molecule has 0 unspecified atom stereocenters. The standard InChI is InChI=1S/C9H14BrN3/c10-8-3-1-6-13-9(8)7-12-5-2-4-11/h1,3,6,12H,2,4-5,7,11H2. The quantitative estimate of drug-likeness (QED) is 0.767. The van der Waals surface area contributed by atoms with Crippen molar-refractivity contribution in [3.05, 3.63) is 28.5 Å². The Kier molecular flexibility index (Phi) is 4.97. The van der Waals surface area contributed by atoms with E-state index in [1.807, 2.05) is 12.1 Å². The van der Waals surface area contributed by atoms with Gasteiger partial charge in [0.2, 0.25) is 0 Å². The summed E-state index contributed by atoms with van der Waals surface area (Å²) in [4.78, 5) is 4.24. The number of rotatable bonds is 5. The van der Waals surface area contributed by atoms with Crippen molar-refractivity contribution in [1.29, 1.82) is 0 Å². The van der Waals surface area contributed by atoms with E-state index in [0.29, 0.717) is 0 Å². The van der Waals surface area contributed by atoms with Crippen molar-refractivity contribution in [2.45, 2.75) is 13.0 Å². The zero-order chi connectivity index (χ0) is 9.52. The Hall–Kier alpha value is -0.450. The van der Waals surface area contributed by atoms with Crippen molar-refractivity contribution in [2.75, 3.05) is 13.1 Å². The molecule has 0 fully saturated rings. The van der Waals surface area contributed by atoms with Gasteiger partial charge in [0.05, 0.1) is 5.69 Å². The number of hydrogen-bond acceptors (Lipinski definition) is 3. The van der Waals surface area contributed by atoms with Crippen LogP contribution in [0.3, 0.4) is 0 Å². The molecule has 0 aliphatic heterocycles. The number of nitrogens with two attached hydrogens (primary N) is 1. The van der Waals surface area contributed by atoms with Crippen LogP contribution in [0, 0.1) is 0 Å². The van der Waals surface area contributed by atoms with Crippen LogP contribution in [-0.4, -0.2) is 18.1 Å². The van der Waals surface area contributed by atoms with Gasteiger partial charge in [0.1, 0.15) is 0 Å². The first kappa shape index (κ1) is 10.6. The van der Waals surface area contributed by atoms with E-state index in [9.17, 15) is 0 Å². The van der Waals surface area contributed by atoms with Gasteiger partial charge in [0.25, 0.3) is 0 Å². The lowest BCUT2D eigenvalue weighted by molar-refractivity contribution is 0.645. The van der Waals surface area contributed by atoms with Crippen molar-refractivity contribution in [1.82, 2.24) is 10.3 Å². The fourth-order valence-corrected chi connectivity index (χ4v) is 1.38. The van der Waals surface area contributed by atoms with E-state index in [1.54, 1.807) is 6.20 Å². The van der Waals surface area contributed by atoms with Gasteiger partial charge in [-0.15, -0.1) is 0 Å². The molecule has 0 radical (unpaired) electrons. The summed E-state index contributed by atoms with van der Waals surface area (Å²) in [5.41, 5.74) is 6.41. The van der Waals surface area contributed by atoms with Crippen molar-refractivity contribution >= 4 is 15.9 Å². The Morgan fingerprint density at radius 1 is 1.54 bits per heavy atom. The minimum absolute atomic E-state index is 0.733. The maximum atomic E-state index is 5.37. The minimum atomic E-state index is 0.733. The predicted octanol–water partition coefficient (Wildman–Crippen LogP) is 1.28. The maximum absolute atomic E-state index is 5.37. The second-order valence-electron chi connectivity index (χ2n) is 2.75. The highest BCUT2D eigenvalue weighted by Gasteiger charge is 1.97. The largest absolute Gasteiger partial charge is 0.330 e. The third-order valence-corrected chi connectivity index (χ3v) is 2.41. The lowest BCUT2D eigenvalue weighted by Gasteiger charge is -2.04. The first-order chi connectivity index (χ1) is 6.34. The van der Waals surface area contributed by atoms with Gasteiger partial charge in [-0.05, 0) is 47.6 Å². The molecule has 0 aromatic carbocycles. The SMILES string of the molecule is NCCCNCc1ncccc1Br. The molecule has 0 saturated heterocycles. The molecule has 0 aliphatic rings. The van der Waals surface area contributed by atoms with Crippen LogP contribution in [0.25, 0.3) is 0 Å². The monoisotopic (exact) mass is 243 g/mol.